The molecule has 3 rings (SSSR count). The SMILES string of the molecule is CCOc1ccc(C(C)=O)cc1CN1C(=O)N[C@](C)(c2ccc(Cl)cc2)C1=O. The second kappa shape index (κ2) is 7.64. The van der Waals surface area contributed by atoms with Crippen LogP contribution in [0.2, 0.25) is 5.02 Å². The summed E-state index contributed by atoms with van der Waals surface area (Å²) in [6.07, 6.45) is 0. The number of nitrogens with one attached hydrogen (secondary N) is 1. The molecule has 28 heavy (non-hydrogen) atoms. The standard InChI is InChI=1S/C21H21ClN2O4/c1-4-28-18-10-5-14(13(2)25)11-15(18)12-24-19(26)21(3,23-20(24)27)16-6-8-17(22)9-7-16/h5-11H,4,12H2,1-3H3,(H,23,27)/t21-/m1/s1. The van der Waals surface area contributed by atoms with Gasteiger partial charge in [-0.3, -0.25) is 14.5 Å². The van der Waals surface area contributed by atoms with Crippen LogP contribution < -0.4 is 10.1 Å². The van der Waals surface area contributed by atoms with E-state index in [0.29, 0.717) is 34.1 Å². The first-order chi connectivity index (χ1) is 13.3. The number of urea groups is 1. The van der Waals surface area contributed by atoms with E-state index >= 15 is 0 Å². The third kappa shape index (κ3) is 3.60. The maximum atomic E-state index is 13.1. The highest BCUT2D eigenvalue weighted by Crippen LogP contribution is 2.32. The Hall–Kier alpha value is -2.86. The molecule has 0 aromatic heterocycles. The second-order valence-corrected chi connectivity index (χ2v) is 7.20. The van der Waals surface area contributed by atoms with Gasteiger partial charge in [0.15, 0.2) is 5.78 Å². The number of hydrogen-bond acceptors (Lipinski definition) is 4. The lowest BCUT2D eigenvalue weighted by atomic mass is 9.92. The van der Waals surface area contributed by atoms with Crippen LogP contribution in [0.25, 0.3) is 0 Å². The number of carbonyl (C=O) groups excluding carboxylic acids is 3. The Morgan fingerprint density at radius 3 is 2.46 bits per heavy atom. The molecule has 6 nitrogen and oxygen atoms in total. The number of halogens is 1. The van der Waals surface area contributed by atoms with Gasteiger partial charge in [0.25, 0.3) is 5.91 Å². The summed E-state index contributed by atoms with van der Waals surface area (Å²) in [5.41, 5.74) is 0.538. The molecule has 1 atom stereocenters. The van der Waals surface area contributed by atoms with Gasteiger partial charge in [0.1, 0.15) is 11.3 Å². The van der Waals surface area contributed by atoms with Crippen LogP contribution in [-0.2, 0) is 16.9 Å². The zero-order chi connectivity index (χ0) is 20.5. The number of benzene rings is 2. The van der Waals surface area contributed by atoms with E-state index in [1.54, 1.807) is 49.4 Å². The van der Waals surface area contributed by atoms with Crippen molar-refractivity contribution in [3.8, 4) is 5.75 Å². The number of imide groups is 1. The summed E-state index contributed by atoms with van der Waals surface area (Å²) >= 11 is 5.93. The van der Waals surface area contributed by atoms with Gasteiger partial charge in [-0.2, -0.15) is 0 Å². The molecule has 0 spiro atoms. The fourth-order valence-electron chi connectivity index (χ4n) is 3.21. The molecule has 1 aliphatic heterocycles. The molecule has 146 valence electrons. The van der Waals surface area contributed by atoms with Crippen molar-refractivity contribution in [2.75, 3.05) is 6.61 Å². The van der Waals surface area contributed by atoms with Crippen molar-refractivity contribution in [2.45, 2.75) is 32.9 Å². The van der Waals surface area contributed by atoms with Crippen molar-refractivity contribution in [1.82, 2.24) is 10.2 Å². The van der Waals surface area contributed by atoms with E-state index in [1.807, 2.05) is 6.92 Å². The number of amides is 3. The Bertz CT molecular complexity index is 942. The Morgan fingerprint density at radius 2 is 1.86 bits per heavy atom. The number of ether oxygens (including phenoxy) is 1. The van der Waals surface area contributed by atoms with E-state index in [4.69, 9.17) is 16.3 Å². The van der Waals surface area contributed by atoms with Gasteiger partial charge in [-0.15, -0.1) is 0 Å². The molecule has 2 aromatic rings. The minimum Gasteiger partial charge on any atom is -0.494 e. The minimum absolute atomic E-state index is 0.00427. The summed E-state index contributed by atoms with van der Waals surface area (Å²) in [4.78, 5) is 38.6. The van der Waals surface area contributed by atoms with Gasteiger partial charge in [-0.05, 0) is 56.7 Å². The molecule has 3 amide bonds. The number of nitrogens with zero attached hydrogens (tertiary/aromatic N) is 1. The minimum atomic E-state index is -1.19. The van der Waals surface area contributed by atoms with Crippen molar-refractivity contribution in [1.29, 1.82) is 0 Å². The molecule has 1 saturated heterocycles. The van der Waals surface area contributed by atoms with Crippen molar-refractivity contribution < 1.29 is 19.1 Å². The lowest BCUT2D eigenvalue weighted by Gasteiger charge is -2.22. The topological polar surface area (TPSA) is 75.7 Å². The first kappa shape index (κ1) is 19.9. The maximum absolute atomic E-state index is 13.1. The summed E-state index contributed by atoms with van der Waals surface area (Å²) in [7, 11) is 0. The zero-order valence-electron chi connectivity index (χ0n) is 15.9. The van der Waals surface area contributed by atoms with Gasteiger partial charge >= 0.3 is 6.03 Å². The van der Waals surface area contributed by atoms with E-state index in [0.717, 1.165) is 4.90 Å². The van der Waals surface area contributed by atoms with Gasteiger partial charge in [0, 0.05) is 16.1 Å². The lowest BCUT2D eigenvalue weighted by Crippen LogP contribution is -2.40. The second-order valence-electron chi connectivity index (χ2n) is 6.77. The molecule has 0 bridgehead atoms. The fourth-order valence-corrected chi connectivity index (χ4v) is 3.33. The highest BCUT2D eigenvalue weighted by molar-refractivity contribution is 6.30. The summed E-state index contributed by atoms with van der Waals surface area (Å²) < 4.78 is 5.61. The fraction of sp³-hybridized carbons (Fsp3) is 0.286. The molecule has 1 heterocycles. The van der Waals surface area contributed by atoms with Gasteiger partial charge in [0.05, 0.1) is 13.2 Å². The number of hydrogen-bond donors (Lipinski definition) is 1. The van der Waals surface area contributed by atoms with E-state index < -0.39 is 11.6 Å². The number of ketones is 1. The third-order valence-electron chi connectivity index (χ3n) is 4.79. The first-order valence-electron chi connectivity index (χ1n) is 8.93. The van der Waals surface area contributed by atoms with Crippen molar-refractivity contribution in [3.63, 3.8) is 0 Å². The number of carbonyl (C=O) groups is 3. The molecule has 0 radical (unpaired) electrons. The van der Waals surface area contributed by atoms with Gasteiger partial charge in [-0.1, -0.05) is 23.7 Å². The third-order valence-corrected chi connectivity index (χ3v) is 5.04. The predicted molar refractivity (Wildman–Crippen MR) is 106 cm³/mol. The zero-order valence-corrected chi connectivity index (χ0v) is 16.7. The average Bonchev–Trinajstić information content (AvgIpc) is 2.87. The molecule has 0 unspecified atom stereocenters. The number of rotatable bonds is 6. The van der Waals surface area contributed by atoms with Crippen LogP contribution in [0, 0.1) is 0 Å². The molecule has 2 aromatic carbocycles. The molecule has 0 saturated carbocycles. The molecular weight excluding hydrogens is 380 g/mol. The van der Waals surface area contributed by atoms with E-state index in [2.05, 4.69) is 5.32 Å². The van der Waals surface area contributed by atoms with Gasteiger partial charge < -0.3 is 10.1 Å². The van der Waals surface area contributed by atoms with Crippen LogP contribution >= 0.6 is 11.6 Å². The van der Waals surface area contributed by atoms with Crippen molar-refractivity contribution in [3.05, 3.63) is 64.2 Å². The van der Waals surface area contributed by atoms with Crippen LogP contribution in [0.15, 0.2) is 42.5 Å². The molecule has 7 heteroatoms. The van der Waals surface area contributed by atoms with Crippen LogP contribution in [0.5, 0.6) is 5.75 Å². The monoisotopic (exact) mass is 400 g/mol. The quantitative estimate of drug-likeness (QED) is 0.589. The number of Topliss-reactive ketones (excluding diaryl/α,β-unsaturated/α-hetero) is 1. The largest absolute Gasteiger partial charge is 0.494 e. The summed E-state index contributed by atoms with van der Waals surface area (Å²) in [5, 5.41) is 3.31. The van der Waals surface area contributed by atoms with Crippen LogP contribution in [0.1, 0.15) is 42.3 Å². The molecule has 1 aliphatic rings. The van der Waals surface area contributed by atoms with E-state index in [-0.39, 0.29) is 18.2 Å². The highest BCUT2D eigenvalue weighted by atomic mass is 35.5. The van der Waals surface area contributed by atoms with Crippen LogP contribution in [0.4, 0.5) is 4.79 Å². The molecular formula is C21H21ClN2O4. The highest BCUT2D eigenvalue weighted by Gasteiger charge is 2.49. The normalized spacial score (nSPS) is 18.9. The molecule has 1 N–H and O–H groups in total. The average molecular weight is 401 g/mol. The van der Waals surface area contributed by atoms with Crippen LogP contribution in [0.3, 0.4) is 0 Å². The van der Waals surface area contributed by atoms with E-state index in [9.17, 15) is 14.4 Å². The van der Waals surface area contributed by atoms with Gasteiger partial charge in [-0.25, -0.2) is 4.79 Å². The summed E-state index contributed by atoms with van der Waals surface area (Å²) in [6.45, 7) is 5.39. The Labute approximate surface area is 168 Å². The first-order valence-corrected chi connectivity index (χ1v) is 9.31. The Kier molecular flexibility index (Phi) is 5.42. The van der Waals surface area contributed by atoms with Crippen LogP contribution in [-0.4, -0.2) is 29.2 Å². The maximum Gasteiger partial charge on any atom is 0.325 e. The van der Waals surface area contributed by atoms with E-state index in [1.165, 1.54) is 6.92 Å². The molecule has 1 fully saturated rings. The van der Waals surface area contributed by atoms with Gasteiger partial charge in [0.2, 0.25) is 0 Å². The summed E-state index contributed by atoms with van der Waals surface area (Å²) in [5.74, 6) is 0.0520. The van der Waals surface area contributed by atoms with Crippen molar-refractivity contribution >= 4 is 29.3 Å². The Balaban J connectivity index is 1.93. The lowest BCUT2D eigenvalue weighted by molar-refractivity contribution is -0.131. The predicted octanol–water partition coefficient (Wildman–Crippen LogP) is 3.91. The summed E-state index contributed by atoms with van der Waals surface area (Å²) in [6, 6.07) is 11.3. The smallest absolute Gasteiger partial charge is 0.325 e. The van der Waals surface area contributed by atoms with Crippen molar-refractivity contribution in [2.24, 2.45) is 0 Å². The molecule has 0 aliphatic carbocycles. The Morgan fingerprint density at radius 1 is 1.18 bits per heavy atom.